The van der Waals surface area contributed by atoms with Gasteiger partial charge in [0, 0.05) is 12.6 Å². The summed E-state index contributed by atoms with van der Waals surface area (Å²) in [5.74, 6) is 0.405. The molecule has 0 bridgehead atoms. The fourth-order valence-corrected chi connectivity index (χ4v) is 1.35. The molecule has 1 aromatic carbocycles. The number of hydrogen-bond acceptors (Lipinski definition) is 2. The lowest BCUT2D eigenvalue weighted by molar-refractivity contribution is 0.159. The molecule has 0 aromatic heterocycles. The van der Waals surface area contributed by atoms with Gasteiger partial charge in [-0.2, -0.15) is 0 Å². The number of ether oxygens (including phenoxy) is 1. The molecule has 0 fully saturated rings. The third-order valence-electron chi connectivity index (χ3n) is 2.15. The fraction of sp³-hybridized carbons (Fsp3) is 0.455. The highest BCUT2D eigenvalue weighted by Crippen LogP contribution is 2.22. The second kappa shape index (κ2) is 5.33. The molecule has 0 heterocycles. The summed E-state index contributed by atoms with van der Waals surface area (Å²) in [6.07, 6.45) is -0.0773. The van der Waals surface area contributed by atoms with E-state index < -0.39 is 5.82 Å². The first-order chi connectivity index (χ1) is 7.04. The third-order valence-corrected chi connectivity index (χ3v) is 2.44. The summed E-state index contributed by atoms with van der Waals surface area (Å²) < 4.78 is 18.4. The van der Waals surface area contributed by atoms with Crippen molar-refractivity contribution in [3.8, 4) is 5.75 Å². The number of rotatable bonds is 4. The highest BCUT2D eigenvalue weighted by molar-refractivity contribution is 6.30. The van der Waals surface area contributed by atoms with Crippen LogP contribution < -0.4 is 10.5 Å². The maximum atomic E-state index is 12.9. The van der Waals surface area contributed by atoms with Crippen LogP contribution in [-0.4, -0.2) is 12.6 Å². The summed E-state index contributed by atoms with van der Waals surface area (Å²) in [6.45, 7) is 4.46. The quantitative estimate of drug-likeness (QED) is 0.865. The van der Waals surface area contributed by atoms with Crippen LogP contribution in [0.5, 0.6) is 5.75 Å². The van der Waals surface area contributed by atoms with Crippen molar-refractivity contribution in [1.29, 1.82) is 0 Å². The molecular formula is C11H15ClFNO. The predicted molar refractivity (Wildman–Crippen MR) is 59.7 cm³/mol. The zero-order chi connectivity index (χ0) is 11.4. The van der Waals surface area contributed by atoms with Crippen molar-refractivity contribution in [2.45, 2.75) is 20.0 Å². The van der Waals surface area contributed by atoms with Crippen molar-refractivity contribution < 1.29 is 9.13 Å². The second-order valence-electron chi connectivity index (χ2n) is 3.71. The molecule has 2 N–H and O–H groups in total. The molecule has 0 saturated heterocycles. The van der Waals surface area contributed by atoms with Crippen LogP contribution in [0.15, 0.2) is 18.2 Å². The van der Waals surface area contributed by atoms with Crippen LogP contribution in [0, 0.1) is 11.7 Å². The average molecular weight is 232 g/mol. The summed E-state index contributed by atoms with van der Waals surface area (Å²) in [7, 11) is 0. The summed E-state index contributed by atoms with van der Waals surface area (Å²) in [5, 5.41) is 0.0621. The van der Waals surface area contributed by atoms with Crippen LogP contribution in [0.4, 0.5) is 4.39 Å². The van der Waals surface area contributed by atoms with E-state index in [0.717, 1.165) is 0 Å². The van der Waals surface area contributed by atoms with Crippen LogP contribution >= 0.6 is 11.6 Å². The highest BCUT2D eigenvalue weighted by atomic mass is 35.5. The fourth-order valence-electron chi connectivity index (χ4n) is 1.18. The van der Waals surface area contributed by atoms with E-state index in [1.165, 1.54) is 12.1 Å². The Morgan fingerprint density at radius 1 is 1.47 bits per heavy atom. The Morgan fingerprint density at radius 2 is 2.13 bits per heavy atom. The molecule has 1 aromatic rings. The molecular weight excluding hydrogens is 217 g/mol. The van der Waals surface area contributed by atoms with Gasteiger partial charge in [0.15, 0.2) is 0 Å². The van der Waals surface area contributed by atoms with Gasteiger partial charge in [0.2, 0.25) is 0 Å². The Labute approximate surface area is 94.2 Å². The van der Waals surface area contributed by atoms with E-state index in [1.807, 2.05) is 13.8 Å². The normalized spacial score (nSPS) is 12.9. The molecule has 1 atom stereocenters. The van der Waals surface area contributed by atoms with Gasteiger partial charge in [-0.15, -0.1) is 0 Å². The van der Waals surface area contributed by atoms with Crippen LogP contribution in [0.3, 0.4) is 0 Å². The topological polar surface area (TPSA) is 35.2 Å². The number of halogens is 2. The molecule has 0 spiro atoms. The van der Waals surface area contributed by atoms with Crippen molar-refractivity contribution in [1.82, 2.24) is 0 Å². The molecule has 0 aliphatic carbocycles. The summed E-state index contributed by atoms with van der Waals surface area (Å²) in [6, 6.07) is 4.29. The van der Waals surface area contributed by atoms with E-state index in [4.69, 9.17) is 22.1 Å². The van der Waals surface area contributed by atoms with Gasteiger partial charge in [0.05, 0.1) is 5.02 Å². The van der Waals surface area contributed by atoms with Crippen molar-refractivity contribution in [2.75, 3.05) is 6.54 Å². The lowest BCUT2D eigenvalue weighted by atomic mass is 10.1. The Hall–Kier alpha value is -0.800. The Morgan fingerprint density at radius 3 is 2.60 bits per heavy atom. The van der Waals surface area contributed by atoms with Gasteiger partial charge in [-0.1, -0.05) is 25.4 Å². The maximum Gasteiger partial charge on any atom is 0.142 e. The molecule has 4 heteroatoms. The minimum absolute atomic E-state index is 0.0621. The summed E-state index contributed by atoms with van der Waals surface area (Å²) >= 11 is 5.63. The van der Waals surface area contributed by atoms with Gasteiger partial charge in [-0.3, -0.25) is 0 Å². The standard InChI is InChI=1S/C11H15ClFNO/c1-7(2)11(6-14)15-8-3-4-10(13)9(12)5-8/h3-5,7,11H,6,14H2,1-2H3. The van der Waals surface area contributed by atoms with Gasteiger partial charge >= 0.3 is 0 Å². The predicted octanol–water partition coefficient (Wildman–Crippen LogP) is 2.84. The van der Waals surface area contributed by atoms with E-state index in [2.05, 4.69) is 0 Å². The lowest BCUT2D eigenvalue weighted by Gasteiger charge is -2.20. The third kappa shape index (κ3) is 3.36. The Kier molecular flexibility index (Phi) is 4.36. The van der Waals surface area contributed by atoms with Gasteiger partial charge in [0.1, 0.15) is 17.7 Å². The van der Waals surface area contributed by atoms with Crippen LogP contribution in [-0.2, 0) is 0 Å². The van der Waals surface area contributed by atoms with E-state index >= 15 is 0 Å². The summed E-state index contributed by atoms with van der Waals surface area (Å²) in [5.41, 5.74) is 5.56. The largest absolute Gasteiger partial charge is 0.489 e. The first kappa shape index (κ1) is 12.3. The van der Waals surface area contributed by atoms with E-state index in [0.29, 0.717) is 18.2 Å². The van der Waals surface area contributed by atoms with Gasteiger partial charge < -0.3 is 10.5 Å². The van der Waals surface area contributed by atoms with Gasteiger partial charge in [0.25, 0.3) is 0 Å². The Bertz CT molecular complexity index is 330. The zero-order valence-corrected chi connectivity index (χ0v) is 9.59. The van der Waals surface area contributed by atoms with Crippen LogP contribution in [0.1, 0.15) is 13.8 Å². The molecule has 1 unspecified atom stereocenters. The molecule has 0 aliphatic heterocycles. The molecule has 15 heavy (non-hydrogen) atoms. The van der Waals surface area contributed by atoms with Crippen LogP contribution in [0.2, 0.25) is 5.02 Å². The molecule has 0 aliphatic rings. The molecule has 0 radical (unpaired) electrons. The lowest BCUT2D eigenvalue weighted by Crippen LogP contribution is -2.31. The molecule has 2 nitrogen and oxygen atoms in total. The smallest absolute Gasteiger partial charge is 0.142 e. The van der Waals surface area contributed by atoms with E-state index in [9.17, 15) is 4.39 Å². The maximum absolute atomic E-state index is 12.9. The van der Waals surface area contributed by atoms with Crippen molar-refractivity contribution in [3.05, 3.63) is 29.0 Å². The SMILES string of the molecule is CC(C)C(CN)Oc1ccc(F)c(Cl)c1. The number of nitrogens with two attached hydrogens (primary N) is 1. The van der Waals surface area contributed by atoms with Crippen molar-refractivity contribution >= 4 is 11.6 Å². The van der Waals surface area contributed by atoms with Crippen molar-refractivity contribution in [3.63, 3.8) is 0 Å². The monoisotopic (exact) mass is 231 g/mol. The summed E-state index contributed by atoms with van der Waals surface area (Å²) in [4.78, 5) is 0. The number of benzene rings is 1. The first-order valence-corrected chi connectivity index (χ1v) is 5.24. The second-order valence-corrected chi connectivity index (χ2v) is 4.12. The van der Waals surface area contributed by atoms with Crippen molar-refractivity contribution in [2.24, 2.45) is 11.7 Å². The molecule has 84 valence electrons. The zero-order valence-electron chi connectivity index (χ0n) is 8.84. The highest BCUT2D eigenvalue weighted by Gasteiger charge is 2.13. The minimum Gasteiger partial charge on any atom is -0.489 e. The van der Waals surface area contributed by atoms with E-state index in [-0.39, 0.29) is 11.1 Å². The molecule has 0 amide bonds. The van der Waals surface area contributed by atoms with Gasteiger partial charge in [-0.25, -0.2) is 4.39 Å². The van der Waals surface area contributed by atoms with E-state index in [1.54, 1.807) is 6.07 Å². The minimum atomic E-state index is -0.446. The average Bonchev–Trinajstić information content (AvgIpc) is 2.19. The van der Waals surface area contributed by atoms with Crippen LogP contribution in [0.25, 0.3) is 0 Å². The first-order valence-electron chi connectivity index (χ1n) is 4.86. The molecule has 1 rings (SSSR count). The molecule has 0 saturated carbocycles. The number of hydrogen-bond donors (Lipinski definition) is 1. The van der Waals surface area contributed by atoms with Gasteiger partial charge in [-0.05, 0) is 18.1 Å². The Balaban J connectivity index is 2.75.